The van der Waals surface area contributed by atoms with Crippen LogP contribution in [-0.4, -0.2) is 28.8 Å². The number of aromatic nitrogens is 1. The van der Waals surface area contributed by atoms with Crippen molar-refractivity contribution in [1.82, 2.24) is 9.47 Å². The van der Waals surface area contributed by atoms with Crippen molar-refractivity contribution < 1.29 is 13.6 Å². The highest BCUT2D eigenvalue weighted by Crippen LogP contribution is 2.39. The molecule has 0 unspecified atom stereocenters. The van der Waals surface area contributed by atoms with Crippen molar-refractivity contribution in [2.45, 2.75) is 26.6 Å². The van der Waals surface area contributed by atoms with Gasteiger partial charge in [0, 0.05) is 47.5 Å². The second kappa shape index (κ2) is 13.6. The average Bonchev–Trinajstić information content (AvgIpc) is 3.44. The van der Waals surface area contributed by atoms with E-state index in [0.717, 1.165) is 33.8 Å². The van der Waals surface area contributed by atoms with Crippen molar-refractivity contribution in [3.05, 3.63) is 159 Å². The molecule has 0 bridgehead atoms. The highest BCUT2D eigenvalue weighted by Gasteiger charge is 2.25. The SMILES string of the molecule is CCNc1ccc(-c2sc3c(c2CN(C)Cc2ccccc2)c(=O)c(C(=O)c2ccccc2)cn3Cc2c(F)cccc2F)cc1. The fourth-order valence-electron chi connectivity index (χ4n) is 5.72. The molecule has 6 rings (SSSR count). The topological polar surface area (TPSA) is 54.3 Å². The Morgan fingerprint density at radius 1 is 0.826 bits per heavy atom. The van der Waals surface area contributed by atoms with E-state index >= 15 is 0 Å². The smallest absolute Gasteiger partial charge is 0.201 e. The maximum Gasteiger partial charge on any atom is 0.201 e. The normalized spacial score (nSPS) is 11.3. The predicted octanol–water partition coefficient (Wildman–Crippen LogP) is 8.35. The number of nitrogens with zero attached hydrogens (tertiary/aromatic N) is 2. The number of ketones is 1. The third-order valence-electron chi connectivity index (χ3n) is 7.93. The summed E-state index contributed by atoms with van der Waals surface area (Å²) in [4.78, 5) is 31.8. The summed E-state index contributed by atoms with van der Waals surface area (Å²) in [6.07, 6.45) is 1.46. The summed E-state index contributed by atoms with van der Waals surface area (Å²) in [5.41, 5.74) is 3.54. The molecule has 1 N–H and O–H groups in total. The molecule has 0 spiro atoms. The minimum atomic E-state index is -0.693. The van der Waals surface area contributed by atoms with E-state index in [4.69, 9.17) is 0 Å². The zero-order valence-electron chi connectivity index (χ0n) is 25.6. The van der Waals surface area contributed by atoms with Gasteiger partial charge in [0.25, 0.3) is 0 Å². The molecule has 4 aromatic carbocycles. The van der Waals surface area contributed by atoms with Crippen LogP contribution < -0.4 is 10.7 Å². The number of carbonyl (C=O) groups is 1. The summed E-state index contributed by atoms with van der Waals surface area (Å²) in [5, 5.41) is 3.69. The van der Waals surface area contributed by atoms with E-state index < -0.39 is 22.8 Å². The van der Waals surface area contributed by atoms with E-state index in [1.807, 2.05) is 56.4 Å². The third kappa shape index (κ3) is 6.40. The molecule has 0 aliphatic heterocycles. The summed E-state index contributed by atoms with van der Waals surface area (Å²) < 4.78 is 31.6. The number of hydrogen-bond acceptors (Lipinski definition) is 5. The van der Waals surface area contributed by atoms with Crippen LogP contribution in [0.1, 0.15) is 39.5 Å². The zero-order chi connectivity index (χ0) is 32.2. The number of hydrogen-bond donors (Lipinski definition) is 1. The minimum Gasteiger partial charge on any atom is -0.385 e. The third-order valence-corrected chi connectivity index (χ3v) is 9.25. The Hall–Kier alpha value is -4.92. The molecule has 0 saturated carbocycles. The van der Waals surface area contributed by atoms with Crippen molar-refractivity contribution >= 4 is 33.0 Å². The van der Waals surface area contributed by atoms with E-state index in [1.165, 1.54) is 35.7 Å². The maximum absolute atomic E-state index is 15.0. The van der Waals surface area contributed by atoms with Gasteiger partial charge in [0.15, 0.2) is 5.78 Å². The Kier molecular flexibility index (Phi) is 9.19. The van der Waals surface area contributed by atoms with Crippen molar-refractivity contribution in [2.75, 3.05) is 18.9 Å². The molecule has 8 heteroatoms. The zero-order valence-corrected chi connectivity index (χ0v) is 26.4. The number of carbonyl (C=O) groups excluding carboxylic acids is 1. The van der Waals surface area contributed by atoms with Crippen LogP contribution in [0.4, 0.5) is 14.5 Å². The molecular formula is C38H33F2N3O2S. The van der Waals surface area contributed by atoms with Crippen LogP contribution >= 0.6 is 11.3 Å². The Balaban J connectivity index is 1.58. The van der Waals surface area contributed by atoms with Gasteiger partial charge in [0.2, 0.25) is 5.43 Å². The molecule has 2 aromatic heterocycles. The van der Waals surface area contributed by atoms with E-state index in [1.54, 1.807) is 34.9 Å². The number of anilines is 1. The molecule has 0 amide bonds. The number of thiophene rings is 1. The molecule has 0 aliphatic carbocycles. The Morgan fingerprint density at radius 2 is 1.48 bits per heavy atom. The Morgan fingerprint density at radius 3 is 2.13 bits per heavy atom. The molecule has 0 atom stereocenters. The van der Waals surface area contributed by atoms with Crippen LogP contribution in [0.5, 0.6) is 0 Å². The largest absolute Gasteiger partial charge is 0.385 e. The number of fused-ring (bicyclic) bond motifs is 1. The van der Waals surface area contributed by atoms with Crippen LogP contribution in [-0.2, 0) is 19.6 Å². The fraction of sp³-hybridized carbons (Fsp3) is 0.158. The molecule has 232 valence electrons. The highest BCUT2D eigenvalue weighted by atomic mass is 32.1. The summed E-state index contributed by atoms with van der Waals surface area (Å²) >= 11 is 1.39. The molecule has 2 heterocycles. The van der Waals surface area contributed by atoms with Gasteiger partial charge in [-0.15, -0.1) is 11.3 Å². The van der Waals surface area contributed by atoms with Gasteiger partial charge in [-0.1, -0.05) is 78.9 Å². The monoisotopic (exact) mass is 633 g/mol. The maximum atomic E-state index is 15.0. The molecule has 46 heavy (non-hydrogen) atoms. The molecule has 5 nitrogen and oxygen atoms in total. The summed E-state index contributed by atoms with van der Waals surface area (Å²) in [7, 11) is 1.99. The summed E-state index contributed by atoms with van der Waals surface area (Å²) in [6, 6.07) is 30.4. The van der Waals surface area contributed by atoms with Crippen molar-refractivity contribution in [1.29, 1.82) is 0 Å². The molecule has 0 aliphatic rings. The standard InChI is InChI=1S/C38H33F2N3O2S/c1-3-41-28-19-17-27(18-20-28)37-30(22-42(2)21-25-11-6-4-7-12-25)34-36(45)31(35(44)26-13-8-5-9-14-26)24-43(38(34)46-37)23-29-32(39)15-10-16-33(29)40/h4-20,24,41H,3,21-23H2,1-2H3. The predicted molar refractivity (Wildman–Crippen MR) is 183 cm³/mol. The van der Waals surface area contributed by atoms with Gasteiger partial charge < -0.3 is 9.88 Å². The first-order chi connectivity index (χ1) is 22.3. The number of halogens is 2. The first-order valence-electron chi connectivity index (χ1n) is 15.1. The molecule has 0 saturated heterocycles. The van der Waals surface area contributed by atoms with Gasteiger partial charge in [0.1, 0.15) is 16.5 Å². The number of rotatable bonds is 11. The first-order valence-corrected chi connectivity index (χ1v) is 15.9. The fourth-order valence-corrected chi connectivity index (χ4v) is 7.01. The second-order valence-corrected chi connectivity index (χ2v) is 12.2. The highest BCUT2D eigenvalue weighted by molar-refractivity contribution is 7.22. The van der Waals surface area contributed by atoms with Crippen LogP contribution in [0.2, 0.25) is 0 Å². The molecule has 0 radical (unpaired) electrons. The lowest BCUT2D eigenvalue weighted by Crippen LogP contribution is -2.22. The second-order valence-electron chi connectivity index (χ2n) is 11.3. The summed E-state index contributed by atoms with van der Waals surface area (Å²) in [6.45, 7) is 3.66. The first kappa shape index (κ1) is 31.1. The van der Waals surface area contributed by atoms with Crippen molar-refractivity contribution in [2.24, 2.45) is 0 Å². The number of benzene rings is 4. The van der Waals surface area contributed by atoms with Crippen LogP contribution in [0.25, 0.3) is 20.7 Å². The van der Waals surface area contributed by atoms with Gasteiger partial charge in [-0.2, -0.15) is 0 Å². The van der Waals surface area contributed by atoms with Crippen LogP contribution in [0.3, 0.4) is 0 Å². The lowest BCUT2D eigenvalue weighted by molar-refractivity contribution is 0.103. The quantitative estimate of drug-likeness (QED) is 0.146. The van der Waals surface area contributed by atoms with E-state index in [2.05, 4.69) is 22.3 Å². The average molecular weight is 634 g/mol. The lowest BCUT2D eigenvalue weighted by Gasteiger charge is -2.18. The Bertz CT molecular complexity index is 2040. The molecule has 6 aromatic rings. The van der Waals surface area contributed by atoms with Gasteiger partial charge in [0.05, 0.1) is 17.5 Å². The van der Waals surface area contributed by atoms with E-state index in [9.17, 15) is 18.4 Å². The van der Waals surface area contributed by atoms with Gasteiger partial charge in [-0.25, -0.2) is 8.78 Å². The number of pyridine rings is 1. The van der Waals surface area contributed by atoms with Gasteiger partial charge in [-0.3, -0.25) is 14.5 Å². The van der Waals surface area contributed by atoms with Gasteiger partial charge in [-0.05, 0) is 54.9 Å². The number of nitrogens with one attached hydrogen (secondary N) is 1. The molecule has 0 fully saturated rings. The summed E-state index contributed by atoms with van der Waals surface area (Å²) in [5.74, 6) is -1.83. The Labute approximate surface area is 270 Å². The lowest BCUT2D eigenvalue weighted by atomic mass is 10.00. The van der Waals surface area contributed by atoms with E-state index in [-0.39, 0.29) is 17.7 Å². The van der Waals surface area contributed by atoms with Crippen LogP contribution in [0.15, 0.2) is 114 Å². The molecular weight excluding hydrogens is 601 g/mol. The van der Waals surface area contributed by atoms with Crippen molar-refractivity contribution in [3.8, 4) is 10.4 Å². The van der Waals surface area contributed by atoms with Crippen LogP contribution in [0, 0.1) is 11.6 Å². The van der Waals surface area contributed by atoms with Crippen molar-refractivity contribution in [3.63, 3.8) is 0 Å². The minimum absolute atomic E-state index is 0.0470. The van der Waals surface area contributed by atoms with E-state index in [0.29, 0.717) is 28.9 Å². The van der Waals surface area contributed by atoms with Gasteiger partial charge >= 0.3 is 0 Å².